The zero-order valence-electron chi connectivity index (χ0n) is 11.5. The summed E-state index contributed by atoms with van der Waals surface area (Å²) in [5, 5.41) is 0. The predicted octanol–water partition coefficient (Wildman–Crippen LogP) is 3.66. The van der Waals surface area contributed by atoms with Crippen LogP contribution in [0.4, 0.5) is 0 Å². The summed E-state index contributed by atoms with van der Waals surface area (Å²) in [5.41, 5.74) is 5.86. The van der Waals surface area contributed by atoms with Crippen molar-refractivity contribution >= 4 is 38.9 Å². The van der Waals surface area contributed by atoms with Crippen molar-refractivity contribution in [2.75, 3.05) is 19.6 Å². The van der Waals surface area contributed by atoms with Crippen molar-refractivity contribution in [3.8, 4) is 0 Å². The average Bonchev–Trinajstić information content (AvgIpc) is 2.57. The number of morpholine rings is 1. The zero-order valence-corrected chi connectivity index (χ0v) is 14.6. The van der Waals surface area contributed by atoms with Crippen molar-refractivity contribution < 1.29 is 4.74 Å². The van der Waals surface area contributed by atoms with E-state index in [4.69, 9.17) is 22.1 Å². The van der Waals surface area contributed by atoms with E-state index in [1.54, 1.807) is 11.3 Å². The first-order chi connectivity index (χ1) is 8.82. The highest BCUT2D eigenvalue weighted by Gasteiger charge is 2.35. The lowest BCUT2D eigenvalue weighted by molar-refractivity contribution is -0.137. The van der Waals surface area contributed by atoms with E-state index in [0.717, 1.165) is 21.9 Å². The fourth-order valence-electron chi connectivity index (χ4n) is 2.71. The maximum Gasteiger partial charge on any atom is 0.107 e. The minimum atomic E-state index is -0.136. The molecule has 2 unspecified atom stereocenters. The quantitative estimate of drug-likeness (QED) is 0.886. The topological polar surface area (TPSA) is 38.5 Å². The van der Waals surface area contributed by atoms with Gasteiger partial charge in [0.2, 0.25) is 0 Å². The number of rotatable bonds is 3. The standard InChI is InChI=1S/C13H20BrClN2OS/c1-8-6-17(7-13(2,3)18-8)10(5-16)11-4-9(14)12(15)19-11/h4,8,10H,5-7,16H2,1-3H3. The van der Waals surface area contributed by atoms with Crippen molar-refractivity contribution in [3.05, 3.63) is 19.8 Å². The van der Waals surface area contributed by atoms with Gasteiger partial charge in [0.25, 0.3) is 0 Å². The fraction of sp³-hybridized carbons (Fsp3) is 0.692. The summed E-state index contributed by atoms with van der Waals surface area (Å²) in [5.74, 6) is 0. The summed E-state index contributed by atoms with van der Waals surface area (Å²) in [6.45, 7) is 8.73. The molecule has 6 heteroatoms. The molecule has 2 heterocycles. The van der Waals surface area contributed by atoms with Gasteiger partial charge in [-0.05, 0) is 42.8 Å². The predicted molar refractivity (Wildman–Crippen MR) is 85.0 cm³/mol. The maximum atomic E-state index is 6.14. The number of hydrogen-bond acceptors (Lipinski definition) is 4. The van der Waals surface area contributed by atoms with E-state index in [1.165, 1.54) is 4.88 Å². The Kier molecular flexibility index (Phi) is 4.97. The van der Waals surface area contributed by atoms with E-state index in [-0.39, 0.29) is 17.7 Å². The van der Waals surface area contributed by atoms with E-state index >= 15 is 0 Å². The molecule has 0 amide bonds. The van der Waals surface area contributed by atoms with Gasteiger partial charge >= 0.3 is 0 Å². The summed E-state index contributed by atoms with van der Waals surface area (Å²) in [6.07, 6.45) is 0.219. The fourth-order valence-corrected chi connectivity index (χ4v) is 4.60. The molecule has 0 radical (unpaired) electrons. The molecule has 1 aromatic heterocycles. The molecule has 0 bridgehead atoms. The Bertz CT molecular complexity index is 432. The van der Waals surface area contributed by atoms with Crippen LogP contribution >= 0.6 is 38.9 Å². The Hall–Kier alpha value is 0.350. The number of thiophene rings is 1. The third-order valence-electron chi connectivity index (χ3n) is 3.25. The molecule has 19 heavy (non-hydrogen) atoms. The monoisotopic (exact) mass is 366 g/mol. The van der Waals surface area contributed by atoms with Crippen LogP contribution in [0.15, 0.2) is 10.5 Å². The van der Waals surface area contributed by atoms with Crippen LogP contribution in [0, 0.1) is 0 Å². The molecule has 0 aromatic carbocycles. The second-order valence-electron chi connectivity index (χ2n) is 5.64. The van der Waals surface area contributed by atoms with Gasteiger partial charge in [-0.2, -0.15) is 0 Å². The van der Waals surface area contributed by atoms with Crippen LogP contribution < -0.4 is 5.73 Å². The Morgan fingerprint density at radius 1 is 1.68 bits per heavy atom. The second kappa shape index (κ2) is 6.00. The molecule has 2 atom stereocenters. The molecule has 1 fully saturated rings. The van der Waals surface area contributed by atoms with Gasteiger partial charge in [0, 0.05) is 29.0 Å². The number of nitrogens with two attached hydrogens (primary N) is 1. The third kappa shape index (κ3) is 3.71. The van der Waals surface area contributed by atoms with E-state index in [9.17, 15) is 0 Å². The van der Waals surface area contributed by atoms with Gasteiger partial charge in [-0.1, -0.05) is 11.6 Å². The maximum absolute atomic E-state index is 6.14. The summed E-state index contributed by atoms with van der Waals surface area (Å²) in [6, 6.07) is 2.29. The molecule has 1 aliphatic rings. The molecule has 1 aliphatic heterocycles. The van der Waals surface area contributed by atoms with Crippen LogP contribution in [0.5, 0.6) is 0 Å². The van der Waals surface area contributed by atoms with Gasteiger partial charge in [0.15, 0.2) is 0 Å². The van der Waals surface area contributed by atoms with E-state index in [0.29, 0.717) is 6.54 Å². The molecular formula is C13H20BrClN2OS. The molecule has 0 spiro atoms. The van der Waals surface area contributed by atoms with Crippen LogP contribution in [0.1, 0.15) is 31.7 Å². The van der Waals surface area contributed by atoms with Gasteiger partial charge in [0.1, 0.15) is 4.34 Å². The highest BCUT2D eigenvalue weighted by molar-refractivity contribution is 9.10. The molecule has 0 saturated carbocycles. The largest absolute Gasteiger partial charge is 0.370 e. The lowest BCUT2D eigenvalue weighted by atomic mass is 10.0. The molecule has 2 rings (SSSR count). The summed E-state index contributed by atoms with van der Waals surface area (Å²) in [7, 11) is 0. The van der Waals surface area contributed by atoms with Crippen molar-refractivity contribution in [2.24, 2.45) is 5.73 Å². The normalized spacial score (nSPS) is 25.5. The molecule has 2 N–H and O–H groups in total. The van der Waals surface area contributed by atoms with Crippen LogP contribution in [-0.2, 0) is 4.74 Å². The van der Waals surface area contributed by atoms with Crippen molar-refractivity contribution in [2.45, 2.75) is 38.5 Å². The minimum Gasteiger partial charge on any atom is -0.370 e. The number of nitrogens with zero attached hydrogens (tertiary/aromatic N) is 1. The Labute approximate surface area is 132 Å². The summed E-state index contributed by atoms with van der Waals surface area (Å²) >= 11 is 11.2. The Balaban J connectivity index is 2.21. The third-order valence-corrected chi connectivity index (χ3v) is 5.83. The highest BCUT2D eigenvalue weighted by atomic mass is 79.9. The first-order valence-electron chi connectivity index (χ1n) is 6.39. The molecule has 108 valence electrons. The highest BCUT2D eigenvalue weighted by Crippen LogP contribution is 2.38. The second-order valence-corrected chi connectivity index (χ2v) is 8.18. The van der Waals surface area contributed by atoms with Crippen molar-refractivity contribution in [1.82, 2.24) is 4.90 Å². The van der Waals surface area contributed by atoms with Gasteiger partial charge in [-0.25, -0.2) is 0 Å². The smallest absolute Gasteiger partial charge is 0.107 e. The first-order valence-corrected chi connectivity index (χ1v) is 8.38. The summed E-state index contributed by atoms with van der Waals surface area (Å²) < 4.78 is 7.69. The molecule has 1 aromatic rings. The molecular weight excluding hydrogens is 348 g/mol. The lowest BCUT2D eigenvalue weighted by Gasteiger charge is -2.44. The van der Waals surface area contributed by atoms with E-state index in [2.05, 4.69) is 47.7 Å². The lowest BCUT2D eigenvalue weighted by Crippen LogP contribution is -2.53. The number of hydrogen-bond donors (Lipinski definition) is 1. The van der Waals surface area contributed by atoms with Crippen LogP contribution in [-0.4, -0.2) is 36.2 Å². The van der Waals surface area contributed by atoms with E-state index in [1.807, 2.05) is 0 Å². The van der Waals surface area contributed by atoms with Gasteiger partial charge in [-0.15, -0.1) is 11.3 Å². The zero-order chi connectivity index (χ0) is 14.2. The SMILES string of the molecule is CC1CN(C(CN)c2cc(Br)c(Cl)s2)CC(C)(C)O1. The number of halogens is 2. The Morgan fingerprint density at radius 3 is 2.84 bits per heavy atom. The molecule has 1 saturated heterocycles. The average molecular weight is 368 g/mol. The van der Waals surface area contributed by atoms with Crippen molar-refractivity contribution in [3.63, 3.8) is 0 Å². The molecule has 3 nitrogen and oxygen atoms in total. The Morgan fingerprint density at radius 2 is 2.37 bits per heavy atom. The van der Waals surface area contributed by atoms with Gasteiger partial charge < -0.3 is 10.5 Å². The number of ether oxygens (including phenoxy) is 1. The van der Waals surface area contributed by atoms with Gasteiger partial charge in [0.05, 0.1) is 17.7 Å². The minimum absolute atomic E-state index is 0.136. The summed E-state index contributed by atoms with van der Waals surface area (Å²) in [4.78, 5) is 3.62. The van der Waals surface area contributed by atoms with Crippen LogP contribution in [0.2, 0.25) is 4.34 Å². The first kappa shape index (κ1) is 15.7. The van der Waals surface area contributed by atoms with E-state index < -0.39 is 0 Å². The molecule has 0 aliphatic carbocycles. The van der Waals surface area contributed by atoms with Gasteiger partial charge in [-0.3, -0.25) is 4.90 Å². The van der Waals surface area contributed by atoms with Crippen LogP contribution in [0.25, 0.3) is 0 Å². The van der Waals surface area contributed by atoms with Crippen LogP contribution in [0.3, 0.4) is 0 Å². The van der Waals surface area contributed by atoms with Crippen molar-refractivity contribution in [1.29, 1.82) is 0 Å².